The Morgan fingerprint density at radius 3 is 2.83 bits per heavy atom. The highest BCUT2D eigenvalue weighted by atomic mass is 32.1. The maximum Gasteiger partial charge on any atom is 0.246 e. The Hall–Kier alpha value is -2.01. The van der Waals surface area contributed by atoms with E-state index in [0.717, 1.165) is 16.3 Å². The predicted octanol–water partition coefficient (Wildman–Crippen LogP) is 2.40. The van der Waals surface area contributed by atoms with Gasteiger partial charge in [-0.3, -0.25) is 9.78 Å². The quantitative estimate of drug-likeness (QED) is 0.858. The van der Waals surface area contributed by atoms with Crippen molar-refractivity contribution in [2.75, 3.05) is 0 Å². The lowest BCUT2D eigenvalue weighted by Gasteiger charge is -2.01. The van der Waals surface area contributed by atoms with Crippen molar-refractivity contribution in [2.24, 2.45) is 0 Å². The highest BCUT2D eigenvalue weighted by Crippen LogP contribution is 2.22. The second-order valence-electron chi connectivity index (χ2n) is 3.84. The van der Waals surface area contributed by atoms with Crippen LogP contribution in [0, 0.1) is 0 Å². The molecule has 0 aromatic carbocycles. The fourth-order valence-electron chi connectivity index (χ4n) is 1.34. The van der Waals surface area contributed by atoms with Gasteiger partial charge in [0.2, 0.25) is 5.91 Å². The summed E-state index contributed by atoms with van der Waals surface area (Å²) in [6.45, 7) is 5.69. The van der Waals surface area contributed by atoms with Crippen LogP contribution in [0.5, 0.6) is 0 Å². The number of amides is 1. The summed E-state index contributed by atoms with van der Waals surface area (Å²) >= 11 is 1.55. The summed E-state index contributed by atoms with van der Waals surface area (Å²) in [5.74, 6) is -0.145. The van der Waals surface area contributed by atoms with Gasteiger partial charge >= 0.3 is 0 Å². The number of rotatable bonds is 4. The number of carbonyl (C=O) groups excluding carboxylic acids is 1. The van der Waals surface area contributed by atoms with Crippen molar-refractivity contribution in [3.8, 4) is 10.6 Å². The van der Waals surface area contributed by atoms with Crippen LogP contribution >= 0.6 is 11.3 Å². The number of aromatic nitrogens is 2. The zero-order valence-electron chi connectivity index (χ0n) is 10.0. The zero-order chi connectivity index (χ0) is 13.0. The van der Waals surface area contributed by atoms with Crippen molar-refractivity contribution in [3.63, 3.8) is 0 Å². The fourth-order valence-corrected chi connectivity index (χ4v) is 2.16. The molecule has 4 nitrogen and oxygen atoms in total. The molecule has 1 amide bonds. The third-order valence-corrected chi connectivity index (χ3v) is 3.24. The minimum Gasteiger partial charge on any atom is -0.347 e. The maximum absolute atomic E-state index is 11.3. The van der Waals surface area contributed by atoms with Crippen molar-refractivity contribution < 1.29 is 4.79 Å². The average molecular weight is 259 g/mol. The first-order chi connectivity index (χ1) is 8.66. The van der Waals surface area contributed by atoms with Gasteiger partial charge < -0.3 is 5.32 Å². The summed E-state index contributed by atoms with van der Waals surface area (Å²) < 4.78 is 0. The SMILES string of the molecule is C=C(C)C(=O)NCc1csc(-c2ccncc2)n1. The lowest BCUT2D eigenvalue weighted by atomic mass is 10.3. The van der Waals surface area contributed by atoms with Crippen LogP contribution in [0.2, 0.25) is 0 Å². The first-order valence-electron chi connectivity index (χ1n) is 5.45. The molecule has 18 heavy (non-hydrogen) atoms. The summed E-state index contributed by atoms with van der Waals surface area (Å²) in [4.78, 5) is 19.8. The first kappa shape index (κ1) is 12.4. The molecule has 5 heteroatoms. The van der Waals surface area contributed by atoms with Crippen LogP contribution in [0.4, 0.5) is 0 Å². The normalized spacial score (nSPS) is 10.1. The smallest absolute Gasteiger partial charge is 0.246 e. The van der Waals surface area contributed by atoms with Gasteiger partial charge in [-0.05, 0) is 19.1 Å². The molecule has 2 aromatic rings. The van der Waals surface area contributed by atoms with E-state index >= 15 is 0 Å². The number of pyridine rings is 1. The van der Waals surface area contributed by atoms with E-state index in [0.29, 0.717) is 12.1 Å². The molecule has 0 saturated carbocycles. The van der Waals surface area contributed by atoms with Crippen molar-refractivity contribution in [2.45, 2.75) is 13.5 Å². The standard InChI is InChI=1S/C13H13N3OS/c1-9(2)12(17)15-7-11-8-18-13(16-11)10-3-5-14-6-4-10/h3-6,8H,1,7H2,2H3,(H,15,17). The van der Waals surface area contributed by atoms with Crippen molar-refractivity contribution >= 4 is 17.2 Å². The predicted molar refractivity (Wildman–Crippen MR) is 72.0 cm³/mol. The van der Waals surface area contributed by atoms with E-state index in [-0.39, 0.29) is 5.91 Å². The van der Waals surface area contributed by atoms with Crippen LogP contribution in [0.15, 0.2) is 42.1 Å². The molecule has 2 heterocycles. The summed E-state index contributed by atoms with van der Waals surface area (Å²) in [7, 11) is 0. The highest BCUT2D eigenvalue weighted by Gasteiger charge is 2.06. The number of nitrogens with one attached hydrogen (secondary N) is 1. The molecule has 92 valence electrons. The van der Waals surface area contributed by atoms with Crippen LogP contribution in [0.1, 0.15) is 12.6 Å². The van der Waals surface area contributed by atoms with Gasteiger partial charge in [0.15, 0.2) is 0 Å². The Balaban J connectivity index is 2.03. The van der Waals surface area contributed by atoms with Crippen LogP contribution < -0.4 is 5.32 Å². The molecule has 0 saturated heterocycles. The van der Waals surface area contributed by atoms with E-state index in [1.54, 1.807) is 30.7 Å². The second-order valence-corrected chi connectivity index (χ2v) is 4.70. The van der Waals surface area contributed by atoms with E-state index in [9.17, 15) is 4.79 Å². The Kier molecular flexibility index (Phi) is 3.84. The van der Waals surface area contributed by atoms with E-state index in [2.05, 4.69) is 21.9 Å². The minimum absolute atomic E-state index is 0.145. The average Bonchev–Trinajstić information content (AvgIpc) is 2.85. The summed E-state index contributed by atoms with van der Waals surface area (Å²) in [6.07, 6.45) is 3.47. The second kappa shape index (κ2) is 5.55. The minimum atomic E-state index is -0.145. The molecule has 0 aliphatic carbocycles. The molecule has 2 rings (SSSR count). The number of thiazole rings is 1. The molecule has 0 aliphatic rings. The van der Waals surface area contributed by atoms with Crippen molar-refractivity contribution in [1.29, 1.82) is 0 Å². The largest absolute Gasteiger partial charge is 0.347 e. The fraction of sp³-hybridized carbons (Fsp3) is 0.154. The number of nitrogens with zero attached hydrogens (tertiary/aromatic N) is 2. The molecular formula is C13H13N3OS. The van der Waals surface area contributed by atoms with Crippen molar-refractivity contribution in [3.05, 3.63) is 47.8 Å². The zero-order valence-corrected chi connectivity index (χ0v) is 10.8. The first-order valence-corrected chi connectivity index (χ1v) is 6.33. The number of carbonyl (C=O) groups is 1. The van der Waals surface area contributed by atoms with Gasteiger partial charge in [0.1, 0.15) is 5.01 Å². The van der Waals surface area contributed by atoms with E-state index in [1.807, 2.05) is 17.5 Å². The van der Waals surface area contributed by atoms with Gasteiger partial charge in [-0.1, -0.05) is 6.58 Å². The number of hydrogen-bond acceptors (Lipinski definition) is 4. The maximum atomic E-state index is 11.3. The third-order valence-electron chi connectivity index (χ3n) is 2.30. The van der Waals surface area contributed by atoms with Crippen molar-refractivity contribution in [1.82, 2.24) is 15.3 Å². The summed E-state index contributed by atoms with van der Waals surface area (Å²) in [5.41, 5.74) is 2.38. The van der Waals surface area contributed by atoms with Crippen LogP contribution in [0.25, 0.3) is 10.6 Å². The van der Waals surface area contributed by atoms with E-state index in [4.69, 9.17) is 0 Å². The Bertz CT molecular complexity index is 563. The monoisotopic (exact) mass is 259 g/mol. The van der Waals surface area contributed by atoms with Gasteiger partial charge in [0, 0.05) is 28.9 Å². The number of hydrogen-bond donors (Lipinski definition) is 1. The van der Waals surface area contributed by atoms with Gasteiger partial charge in [0.05, 0.1) is 12.2 Å². The molecule has 1 N–H and O–H groups in total. The molecule has 0 spiro atoms. The highest BCUT2D eigenvalue weighted by molar-refractivity contribution is 7.13. The molecular weight excluding hydrogens is 246 g/mol. The van der Waals surface area contributed by atoms with Gasteiger partial charge in [-0.25, -0.2) is 4.98 Å². The molecule has 0 radical (unpaired) electrons. The Morgan fingerprint density at radius 1 is 1.44 bits per heavy atom. The summed E-state index contributed by atoms with van der Waals surface area (Å²) in [5, 5.41) is 5.62. The van der Waals surface area contributed by atoms with Gasteiger partial charge in [-0.15, -0.1) is 11.3 Å². The Morgan fingerprint density at radius 2 is 2.17 bits per heavy atom. The Labute approximate surface area is 109 Å². The molecule has 0 unspecified atom stereocenters. The molecule has 0 aliphatic heterocycles. The molecule has 0 atom stereocenters. The molecule has 0 fully saturated rings. The van der Waals surface area contributed by atoms with Crippen LogP contribution in [-0.4, -0.2) is 15.9 Å². The van der Waals surface area contributed by atoms with Crippen LogP contribution in [0.3, 0.4) is 0 Å². The molecule has 2 aromatic heterocycles. The topological polar surface area (TPSA) is 54.9 Å². The lowest BCUT2D eigenvalue weighted by Crippen LogP contribution is -2.23. The van der Waals surface area contributed by atoms with E-state index < -0.39 is 0 Å². The summed E-state index contributed by atoms with van der Waals surface area (Å²) in [6, 6.07) is 3.82. The van der Waals surface area contributed by atoms with Gasteiger partial charge in [0.25, 0.3) is 0 Å². The van der Waals surface area contributed by atoms with E-state index in [1.165, 1.54) is 0 Å². The molecule has 0 bridgehead atoms. The van der Waals surface area contributed by atoms with Crippen LogP contribution in [-0.2, 0) is 11.3 Å². The van der Waals surface area contributed by atoms with Gasteiger partial charge in [-0.2, -0.15) is 0 Å². The third kappa shape index (κ3) is 3.01. The lowest BCUT2D eigenvalue weighted by molar-refractivity contribution is -0.117.